The van der Waals surface area contributed by atoms with Gasteiger partial charge in [0.1, 0.15) is 24.6 Å². The Morgan fingerprint density at radius 2 is 0.874 bits per heavy atom. The van der Waals surface area contributed by atoms with Crippen molar-refractivity contribution in [2.24, 2.45) is 5.89 Å². The van der Waals surface area contributed by atoms with Crippen molar-refractivity contribution in [3.63, 3.8) is 0 Å². The lowest BCUT2D eigenvalue weighted by Gasteiger charge is -2.28. The molecule has 12 nitrogen and oxygen atoms in total. The number of halogens is 8. The molecule has 0 N–H and O–H groups in total. The minimum atomic E-state index is -4.55. The number of benzene rings is 6. The summed E-state index contributed by atoms with van der Waals surface area (Å²) >= 11 is 1.69. The summed E-state index contributed by atoms with van der Waals surface area (Å²) in [5, 5.41) is -0.610. The molecule has 2 aromatic heterocycles. The highest BCUT2D eigenvalue weighted by molar-refractivity contribution is 7.98. The molecule has 2 amide bonds. The molecule has 0 aliphatic heterocycles. The molecule has 6 aromatic carbocycles. The maximum absolute atomic E-state index is 14.8. The zero-order valence-corrected chi connectivity index (χ0v) is 53.8. The van der Waals surface area contributed by atoms with Gasteiger partial charge in [-0.05, 0) is 157 Å². The lowest BCUT2D eigenvalue weighted by atomic mass is 10.0. The highest BCUT2D eigenvalue weighted by Gasteiger charge is 2.33. The highest BCUT2D eigenvalue weighted by Crippen LogP contribution is 2.35. The normalized spacial score (nSPS) is 19.0. The smallest absolute Gasteiger partial charge is 0.336 e. The van der Waals surface area contributed by atoms with Gasteiger partial charge in [-0.25, -0.2) is 8.78 Å². The fourth-order valence-corrected chi connectivity index (χ4v) is 12.0. The Morgan fingerprint density at radius 3 is 1.25 bits per heavy atom. The molecule has 502 valence electrons. The first kappa shape index (κ1) is 51.4. The van der Waals surface area contributed by atoms with Crippen LogP contribution in [0.15, 0.2) is 165 Å². The molecule has 0 fully saturated rings. The second-order valence-electron chi connectivity index (χ2n) is 21.7. The lowest BCUT2D eigenvalue weighted by Crippen LogP contribution is -2.40. The minimum absolute atomic E-state index is 0.0458. The number of carbonyl (C=O) groups is 2. The van der Waals surface area contributed by atoms with E-state index in [0.29, 0.717) is 91.4 Å². The summed E-state index contributed by atoms with van der Waals surface area (Å²) < 4.78 is 255. The number of hydrogen-bond donors (Lipinski definition) is 0. The van der Waals surface area contributed by atoms with Crippen LogP contribution in [0.25, 0.3) is 22.3 Å². The summed E-state index contributed by atoms with van der Waals surface area (Å²) in [6.45, 7) is -11.9. The monoisotopic (exact) mass is 1360 g/mol. The van der Waals surface area contributed by atoms with Gasteiger partial charge in [-0.2, -0.15) is 36.3 Å². The number of rotatable bonds is 26. The minimum Gasteiger partial charge on any atom is -0.336 e. The molecule has 0 saturated carbocycles. The number of thioether (sulfide) groups is 2. The number of likely N-dealkylation sites (N-methyl/N-ethyl adjacent to an activating group) is 2. The first-order valence-corrected chi connectivity index (χ1v) is 31.8. The van der Waals surface area contributed by atoms with Crippen LogP contribution in [-0.2, 0) is 85.1 Å². The fourth-order valence-electron chi connectivity index (χ4n) is 10.2. The molecular formula is C73H78F8N8O4S2. The van der Waals surface area contributed by atoms with Crippen LogP contribution in [0.3, 0.4) is 0 Å². The molecule has 1 atom stereocenters. The zero-order valence-electron chi connectivity index (χ0n) is 69.2. The average Bonchev–Trinajstić information content (AvgIpc) is 1.51. The van der Waals surface area contributed by atoms with Gasteiger partial charge in [0.05, 0.1) is 16.6 Å². The van der Waals surface area contributed by atoms with Crippen molar-refractivity contribution < 1.29 is 68.0 Å². The van der Waals surface area contributed by atoms with Crippen LogP contribution >= 0.6 is 23.5 Å². The molecule has 0 radical (unpaired) electrons. The Kier molecular flexibility index (Phi) is 17.7. The number of carbonyl (C=O) groups excluding carboxylic acids is 2. The Hall–Kier alpha value is -7.92. The third-order valence-electron chi connectivity index (χ3n) is 15.4. The van der Waals surface area contributed by atoms with E-state index in [1.807, 2.05) is 0 Å². The van der Waals surface area contributed by atoms with Gasteiger partial charge in [0.25, 0.3) is 11.1 Å². The summed E-state index contributed by atoms with van der Waals surface area (Å²) in [6.07, 6.45) is -14.0. The van der Waals surface area contributed by atoms with Crippen LogP contribution in [-0.4, -0.2) is 103 Å². The van der Waals surface area contributed by atoms with E-state index < -0.39 is 152 Å². The molecule has 0 saturated heterocycles. The quantitative estimate of drug-likeness (QED) is 0.0295. The van der Waals surface area contributed by atoms with E-state index in [0.717, 1.165) is 93.1 Å². The van der Waals surface area contributed by atoms with Crippen molar-refractivity contribution in [1.82, 2.24) is 38.7 Å². The highest BCUT2D eigenvalue weighted by atomic mass is 32.2. The van der Waals surface area contributed by atoms with E-state index in [4.69, 9.17) is 17.8 Å². The van der Waals surface area contributed by atoms with Crippen LogP contribution < -0.4 is 11.1 Å². The third-order valence-corrected chi connectivity index (χ3v) is 17.4. The Labute approximate surface area is 581 Å². The Bertz CT molecular complexity index is 4810. The molecule has 0 bridgehead atoms. The van der Waals surface area contributed by atoms with Crippen molar-refractivity contribution >= 4 is 35.3 Å². The largest absolute Gasteiger partial charge is 0.416 e. The van der Waals surface area contributed by atoms with E-state index in [1.54, 1.807) is 48.5 Å². The molecule has 0 spiro atoms. The van der Waals surface area contributed by atoms with E-state index in [-0.39, 0.29) is 36.3 Å². The standard InChI is InChI=1S/C37H40F4N4O2S.C36H38F4N4O2S/c1-4-43(5-2)18-19-44(22-26-6-10-28(11-7-26)29-12-14-30(15-13-29)37(39,40)41)34(46)23-45-33-21-25(3)20-32(33)35(47)42-36(45)48-24-27-8-16-31(38)17-9-27;1-3-42(4-2)20-21-43(22-25-8-12-27(13-9-25)28-14-16-29(17-15-28)36(38,39)40)33(45)23-44-32-7-5-6-31(32)34(46)41-35(44)47-24-26-10-18-30(37)19-11-26/h6-17,25H,4-5,18-24H2,1-3H3;8-19H,3-7,20-24H2,1-2H3/i4D2,5D2,20D2,21D2,23D2,25D;3D2,4D2,23D2. The number of alkyl halides is 6. The van der Waals surface area contributed by atoms with Gasteiger partial charge in [-0.15, -0.1) is 0 Å². The predicted octanol–water partition coefficient (Wildman–Crippen LogP) is 14.7. The molecule has 2 heterocycles. The topological polar surface area (TPSA) is 117 Å². The zero-order chi connectivity index (χ0) is 83.2. The van der Waals surface area contributed by atoms with Crippen LogP contribution in [0.5, 0.6) is 0 Å². The van der Waals surface area contributed by atoms with Gasteiger partial charge in [0.15, 0.2) is 10.3 Å². The Morgan fingerprint density at radius 1 is 0.516 bits per heavy atom. The van der Waals surface area contributed by atoms with Gasteiger partial charge in [0.2, 0.25) is 11.8 Å². The molecule has 8 aromatic rings. The van der Waals surface area contributed by atoms with Crippen molar-refractivity contribution in [3.8, 4) is 22.3 Å². The Balaban J connectivity index is 0.000000259. The molecule has 2 aliphatic carbocycles. The van der Waals surface area contributed by atoms with Crippen LogP contribution in [0.1, 0.15) is 120 Å². The van der Waals surface area contributed by atoms with Crippen LogP contribution in [0.4, 0.5) is 35.1 Å². The number of aromatic nitrogens is 4. The van der Waals surface area contributed by atoms with Crippen molar-refractivity contribution in [1.29, 1.82) is 0 Å². The SMILES string of the molecule is [2H]C([2H])(C)N(CCN(Cc1ccc(-c2ccc(C(F)(F)F)cc2)cc1)C(=O)C([2H])([2H])n1c(SCc2ccc(F)cc2)nc(=O)c2c1C([2H])([2H])C([2H])(C)C2([2H])[2H])C([2H])([2H])C.[2H]C([2H])(C)N(CCN(Cc1ccc(-c2ccc(C(F)(F)F)cc2)cc1)C(=O)C([2H])([2H])n1c(SCc2ccc(F)cc2)nc(=O)c2c1CCC2)C([2H])([2H])C. The van der Waals surface area contributed by atoms with Crippen LogP contribution in [0, 0.1) is 17.5 Å². The second kappa shape index (κ2) is 32.7. The number of hydrogen-bond acceptors (Lipinski definition) is 10. The molecule has 2 aliphatic rings. The first-order chi connectivity index (χ1) is 51.6. The van der Waals surface area contributed by atoms with Gasteiger partial charge in [-0.3, -0.25) is 19.2 Å². The van der Waals surface area contributed by atoms with E-state index >= 15 is 0 Å². The molecule has 22 heteroatoms. The molecule has 10 rings (SSSR count). The fraction of sp³-hybridized carbons (Fsp3) is 0.370. The van der Waals surface area contributed by atoms with Gasteiger partial charge < -0.3 is 28.7 Å². The molecule has 1 unspecified atom stereocenters. The molecule has 95 heavy (non-hydrogen) atoms. The number of nitrogens with zero attached hydrogens (tertiary/aromatic N) is 8. The molecular weight excluding hydrogens is 1270 g/mol. The van der Waals surface area contributed by atoms with Gasteiger partial charge in [-0.1, -0.05) is 155 Å². The maximum Gasteiger partial charge on any atom is 0.416 e. The summed E-state index contributed by atoms with van der Waals surface area (Å²) in [5.41, 5.74) is -0.664. The van der Waals surface area contributed by atoms with Gasteiger partial charge >= 0.3 is 12.4 Å². The van der Waals surface area contributed by atoms with Crippen LogP contribution in [0.2, 0.25) is 0 Å². The second-order valence-corrected chi connectivity index (χ2v) is 23.6. The van der Waals surface area contributed by atoms with Crippen molar-refractivity contribution in [2.75, 3.05) is 52.2 Å². The summed E-state index contributed by atoms with van der Waals surface area (Å²) in [7, 11) is 0. The van der Waals surface area contributed by atoms with Crippen molar-refractivity contribution in [2.45, 2.75) is 127 Å². The summed E-state index contributed by atoms with van der Waals surface area (Å²) in [6, 6.07) is 32.5. The number of fused-ring (bicyclic) bond motifs is 2. The van der Waals surface area contributed by atoms with E-state index in [9.17, 15) is 59.8 Å². The van der Waals surface area contributed by atoms with E-state index in [2.05, 4.69) is 9.97 Å². The summed E-state index contributed by atoms with van der Waals surface area (Å²) in [5.74, 6) is -6.10. The summed E-state index contributed by atoms with van der Waals surface area (Å²) in [4.78, 5) is 67.7. The van der Waals surface area contributed by atoms with Crippen molar-refractivity contribution in [3.05, 3.63) is 234 Å². The average molecular weight is 1360 g/mol. The lowest BCUT2D eigenvalue weighted by molar-refractivity contribution is -0.138. The van der Waals surface area contributed by atoms with Gasteiger partial charge in [0, 0.05) is 91.1 Å². The predicted molar refractivity (Wildman–Crippen MR) is 358 cm³/mol. The first-order valence-electron chi connectivity index (χ1n) is 38.3. The van der Waals surface area contributed by atoms with E-state index in [1.165, 1.54) is 74.5 Å². The maximum atomic E-state index is 14.8. The third kappa shape index (κ3) is 19.2. The number of amides is 2.